The van der Waals surface area contributed by atoms with Gasteiger partial charge in [-0.05, 0) is 49.8 Å². The van der Waals surface area contributed by atoms with Crippen molar-refractivity contribution in [3.63, 3.8) is 0 Å². The molecule has 26 heavy (non-hydrogen) atoms. The van der Waals surface area contributed by atoms with Gasteiger partial charge in [0.25, 0.3) is 0 Å². The molecule has 1 aliphatic rings. The minimum atomic E-state index is -4.10. The number of hydrogen-bond donors (Lipinski definition) is 0. The van der Waals surface area contributed by atoms with Gasteiger partial charge in [-0.2, -0.15) is 0 Å². The number of hydrogen-bond acceptors (Lipinski definition) is 5. The molecule has 5 nitrogen and oxygen atoms in total. The molecule has 0 N–H and O–H groups in total. The first-order chi connectivity index (χ1) is 12.2. The molecule has 0 aliphatic carbocycles. The fourth-order valence-electron chi connectivity index (χ4n) is 2.96. The van der Waals surface area contributed by atoms with Gasteiger partial charge in [0.15, 0.2) is 4.24 Å². The van der Waals surface area contributed by atoms with E-state index in [0.29, 0.717) is 10.6 Å². The molecule has 0 saturated carbocycles. The second kappa shape index (κ2) is 6.72. The van der Waals surface area contributed by atoms with Crippen LogP contribution in [0.2, 0.25) is 5.02 Å². The van der Waals surface area contributed by atoms with Crippen LogP contribution in [0.3, 0.4) is 0 Å². The lowest BCUT2D eigenvalue weighted by Crippen LogP contribution is -2.21. The molecule has 3 rings (SSSR count). The van der Waals surface area contributed by atoms with Crippen molar-refractivity contribution in [2.24, 2.45) is 0 Å². The van der Waals surface area contributed by atoms with E-state index in [0.717, 1.165) is 24.9 Å². The van der Waals surface area contributed by atoms with Gasteiger partial charge >= 0.3 is 0 Å². The summed E-state index contributed by atoms with van der Waals surface area (Å²) in [6, 6.07) is 10.7. The first-order valence-electron chi connectivity index (χ1n) is 8.09. The van der Waals surface area contributed by atoms with E-state index < -0.39 is 23.9 Å². The quantitative estimate of drug-likeness (QED) is 0.766. The lowest BCUT2D eigenvalue weighted by molar-refractivity contribution is 0.603. The van der Waals surface area contributed by atoms with Crippen LogP contribution in [-0.4, -0.2) is 29.9 Å². The predicted molar refractivity (Wildman–Crippen MR) is 104 cm³/mol. The fraction of sp³-hybridized carbons (Fsp3) is 0.222. The average molecular weight is 412 g/mol. The highest BCUT2D eigenvalue weighted by molar-refractivity contribution is 8.17. The summed E-state index contributed by atoms with van der Waals surface area (Å²) in [7, 11) is -8.20. The molecule has 0 spiro atoms. The van der Waals surface area contributed by atoms with Crippen LogP contribution in [0.25, 0.3) is 6.08 Å². The summed E-state index contributed by atoms with van der Waals surface area (Å²) >= 11 is 6.30. The molecular weight excluding hydrogens is 394 g/mol. The zero-order valence-corrected chi connectivity index (χ0v) is 16.7. The Morgan fingerprint density at radius 1 is 0.923 bits per heavy atom. The summed E-state index contributed by atoms with van der Waals surface area (Å²) in [5, 5.41) is 0.295. The van der Waals surface area contributed by atoms with Crippen LogP contribution in [0.5, 0.6) is 0 Å². The third kappa shape index (κ3) is 2.94. The monoisotopic (exact) mass is 411 g/mol. The van der Waals surface area contributed by atoms with Gasteiger partial charge in [-0.3, -0.25) is 0 Å². The number of fused-ring (bicyclic) bond motifs is 1. The highest BCUT2D eigenvalue weighted by Gasteiger charge is 2.44. The lowest BCUT2D eigenvalue weighted by atomic mass is 10.2. The Kier molecular flexibility index (Phi) is 4.90. The third-order valence-corrected chi connectivity index (χ3v) is 9.28. The minimum absolute atomic E-state index is 0.192. The Hall–Kier alpha value is -1.83. The van der Waals surface area contributed by atoms with E-state index in [-0.39, 0.29) is 9.79 Å². The number of anilines is 1. The van der Waals surface area contributed by atoms with E-state index in [1.807, 2.05) is 13.8 Å². The van der Waals surface area contributed by atoms with Crippen LogP contribution in [0.1, 0.15) is 19.4 Å². The van der Waals surface area contributed by atoms with Crippen molar-refractivity contribution in [3.8, 4) is 0 Å². The Morgan fingerprint density at radius 3 is 1.92 bits per heavy atom. The molecule has 1 aliphatic heterocycles. The highest BCUT2D eigenvalue weighted by atomic mass is 35.5. The molecule has 0 radical (unpaired) electrons. The molecule has 0 saturated heterocycles. The molecule has 8 heteroatoms. The van der Waals surface area contributed by atoms with Crippen molar-refractivity contribution in [3.05, 3.63) is 57.3 Å². The van der Waals surface area contributed by atoms with Gasteiger partial charge in [-0.15, -0.1) is 0 Å². The third-order valence-electron chi connectivity index (χ3n) is 4.34. The number of nitrogens with zero attached hydrogens (tertiary/aromatic N) is 1. The highest BCUT2D eigenvalue weighted by Crippen LogP contribution is 2.42. The molecule has 0 unspecified atom stereocenters. The smallest absolute Gasteiger partial charge is 0.219 e. The summed E-state index contributed by atoms with van der Waals surface area (Å²) in [6.07, 6.45) is 1.14. The van der Waals surface area contributed by atoms with E-state index in [4.69, 9.17) is 11.6 Å². The summed E-state index contributed by atoms with van der Waals surface area (Å²) in [4.78, 5) is 1.70. The van der Waals surface area contributed by atoms with Crippen molar-refractivity contribution >= 4 is 43.0 Å². The van der Waals surface area contributed by atoms with Gasteiger partial charge in [-0.25, -0.2) is 16.8 Å². The van der Waals surface area contributed by atoms with Crippen molar-refractivity contribution < 1.29 is 16.8 Å². The van der Waals surface area contributed by atoms with Gasteiger partial charge in [0.1, 0.15) is 0 Å². The summed E-state index contributed by atoms with van der Waals surface area (Å²) < 4.78 is 50.1. The molecule has 0 amide bonds. The number of halogens is 1. The Balaban J connectivity index is 2.15. The Labute approximate surface area is 158 Å². The predicted octanol–water partition coefficient (Wildman–Crippen LogP) is 3.75. The van der Waals surface area contributed by atoms with E-state index in [2.05, 4.69) is 4.90 Å². The minimum Gasteiger partial charge on any atom is -0.372 e. The maximum atomic E-state index is 12.7. The lowest BCUT2D eigenvalue weighted by Gasteiger charge is -2.21. The molecule has 138 valence electrons. The van der Waals surface area contributed by atoms with Crippen molar-refractivity contribution in [1.29, 1.82) is 0 Å². The largest absolute Gasteiger partial charge is 0.372 e. The maximum Gasteiger partial charge on any atom is 0.219 e. The zero-order chi connectivity index (χ0) is 19.1. The molecule has 2 aromatic rings. The molecule has 0 bridgehead atoms. The van der Waals surface area contributed by atoms with E-state index in [1.54, 1.807) is 18.2 Å². The Morgan fingerprint density at radius 2 is 1.46 bits per heavy atom. The van der Waals surface area contributed by atoms with Crippen molar-refractivity contribution in [2.75, 3.05) is 18.0 Å². The molecule has 2 aromatic carbocycles. The number of sulfone groups is 2. The van der Waals surface area contributed by atoms with Crippen molar-refractivity contribution in [2.45, 2.75) is 23.6 Å². The zero-order valence-electron chi connectivity index (χ0n) is 14.3. The summed E-state index contributed by atoms with van der Waals surface area (Å²) in [5.74, 6) is 0. The molecular formula is C18H18ClNO4S2. The second-order valence-corrected chi connectivity index (χ2v) is 10.2. The van der Waals surface area contributed by atoms with Crippen LogP contribution in [0, 0.1) is 0 Å². The second-order valence-electron chi connectivity index (χ2n) is 5.80. The Bertz CT molecular complexity index is 1050. The first-order valence-corrected chi connectivity index (χ1v) is 11.4. The van der Waals surface area contributed by atoms with Gasteiger partial charge in [0, 0.05) is 23.8 Å². The first kappa shape index (κ1) is 18.9. The molecule has 0 atom stereocenters. The van der Waals surface area contributed by atoms with Crippen LogP contribution in [-0.2, 0) is 19.7 Å². The summed E-state index contributed by atoms with van der Waals surface area (Å²) in [6.45, 7) is 5.63. The molecule has 1 heterocycles. The number of rotatable bonds is 4. The normalized spacial score (nSPS) is 17.0. The fourth-order valence-corrected chi connectivity index (χ4v) is 7.72. The van der Waals surface area contributed by atoms with Crippen LogP contribution in [0.4, 0.5) is 5.69 Å². The van der Waals surface area contributed by atoms with Gasteiger partial charge in [0.2, 0.25) is 19.7 Å². The van der Waals surface area contributed by atoms with Crippen LogP contribution in [0.15, 0.2) is 56.5 Å². The average Bonchev–Trinajstić information content (AvgIpc) is 2.76. The van der Waals surface area contributed by atoms with E-state index >= 15 is 0 Å². The van der Waals surface area contributed by atoms with Crippen LogP contribution < -0.4 is 4.90 Å². The maximum absolute atomic E-state index is 12.7. The molecule has 0 fully saturated rings. The van der Waals surface area contributed by atoms with Crippen molar-refractivity contribution in [1.82, 2.24) is 0 Å². The van der Waals surface area contributed by atoms with E-state index in [9.17, 15) is 16.8 Å². The summed E-state index contributed by atoms with van der Waals surface area (Å²) in [5.41, 5.74) is 1.24. The van der Waals surface area contributed by atoms with Gasteiger partial charge in [0.05, 0.1) is 9.79 Å². The van der Waals surface area contributed by atoms with Gasteiger partial charge in [-0.1, -0.05) is 29.8 Å². The van der Waals surface area contributed by atoms with Crippen LogP contribution >= 0.6 is 11.6 Å². The molecule has 0 aromatic heterocycles. The standard InChI is InChI=1S/C18H18ClNO4S2/c1-3-20(4-2)14-10-9-13(15(19)12-14)11-18-25(21,22)16-7-5-6-8-17(16)26(18,23)24/h5-12H,3-4H2,1-2H3. The van der Waals surface area contributed by atoms with Gasteiger partial charge < -0.3 is 4.90 Å². The topological polar surface area (TPSA) is 71.5 Å². The van der Waals surface area contributed by atoms with E-state index in [1.165, 1.54) is 24.3 Å². The number of benzene rings is 2. The SMILES string of the molecule is CCN(CC)c1ccc(C=C2S(=O)(=O)c3ccccc3S2(=O)=O)c(Cl)c1.